The van der Waals surface area contributed by atoms with Gasteiger partial charge in [-0.25, -0.2) is 4.79 Å². The number of carbonyl (C=O) groups is 4. The number of nitrogens with one attached hydrogen (secondary N) is 3. The molecule has 0 aliphatic heterocycles. The maximum Gasteiger partial charge on any atom is 0.326 e. The van der Waals surface area contributed by atoms with Crippen molar-refractivity contribution in [3.63, 3.8) is 0 Å². The molecule has 4 atom stereocenters. The van der Waals surface area contributed by atoms with Crippen LogP contribution in [0.3, 0.4) is 0 Å². The van der Waals surface area contributed by atoms with E-state index in [-0.39, 0.29) is 30.4 Å². The first-order chi connectivity index (χ1) is 15.5. The van der Waals surface area contributed by atoms with Gasteiger partial charge in [-0.15, -0.1) is 0 Å². The van der Waals surface area contributed by atoms with E-state index >= 15 is 0 Å². The zero-order valence-electron chi connectivity index (χ0n) is 19.6. The van der Waals surface area contributed by atoms with Crippen molar-refractivity contribution in [1.29, 1.82) is 0 Å². The maximum atomic E-state index is 13.1. The summed E-state index contributed by atoms with van der Waals surface area (Å²) in [4.78, 5) is 49.9. The molecule has 0 aliphatic rings. The molecule has 0 spiro atoms. The first-order valence-electron chi connectivity index (χ1n) is 11.0. The van der Waals surface area contributed by atoms with Crippen LogP contribution in [0, 0.1) is 11.8 Å². The summed E-state index contributed by atoms with van der Waals surface area (Å²) in [6.45, 7) is 7.20. The molecule has 184 valence electrons. The third kappa shape index (κ3) is 9.83. The minimum absolute atomic E-state index is 0.0556. The molecule has 1 aromatic carbocycles. The highest BCUT2D eigenvalue weighted by atomic mass is 32.1. The summed E-state index contributed by atoms with van der Waals surface area (Å²) in [5.41, 5.74) is 6.55. The predicted molar refractivity (Wildman–Crippen MR) is 130 cm³/mol. The number of nitrogens with two attached hydrogens (primary N) is 1. The molecule has 33 heavy (non-hydrogen) atoms. The number of carboxylic acids is 1. The molecule has 0 radical (unpaired) electrons. The highest BCUT2D eigenvalue weighted by Gasteiger charge is 2.32. The van der Waals surface area contributed by atoms with Crippen molar-refractivity contribution in [3.8, 4) is 0 Å². The van der Waals surface area contributed by atoms with E-state index in [1.807, 2.05) is 44.2 Å². The smallest absolute Gasteiger partial charge is 0.326 e. The van der Waals surface area contributed by atoms with Crippen LogP contribution in [0.2, 0.25) is 0 Å². The summed E-state index contributed by atoms with van der Waals surface area (Å²) in [6.07, 6.45) is 0.448. The maximum absolute atomic E-state index is 13.1. The molecular formula is C23H36N4O5S. The Morgan fingerprint density at radius 3 is 1.97 bits per heavy atom. The van der Waals surface area contributed by atoms with Crippen molar-refractivity contribution in [1.82, 2.24) is 16.0 Å². The van der Waals surface area contributed by atoms with Crippen LogP contribution in [0.5, 0.6) is 0 Å². The van der Waals surface area contributed by atoms with Crippen molar-refractivity contribution in [2.45, 2.75) is 64.7 Å². The second-order valence-electron chi connectivity index (χ2n) is 8.80. The summed E-state index contributed by atoms with van der Waals surface area (Å²) in [5, 5.41) is 17.3. The van der Waals surface area contributed by atoms with Gasteiger partial charge in [0.05, 0.1) is 6.04 Å². The van der Waals surface area contributed by atoms with Gasteiger partial charge in [0.2, 0.25) is 17.7 Å². The van der Waals surface area contributed by atoms with Gasteiger partial charge in [-0.05, 0) is 23.8 Å². The highest BCUT2D eigenvalue weighted by molar-refractivity contribution is 7.80. The first kappa shape index (κ1) is 28.4. The van der Waals surface area contributed by atoms with E-state index in [0.717, 1.165) is 5.56 Å². The molecule has 0 aliphatic carbocycles. The van der Waals surface area contributed by atoms with Gasteiger partial charge in [0.1, 0.15) is 18.1 Å². The normalized spacial score (nSPS) is 14.8. The van der Waals surface area contributed by atoms with Crippen molar-refractivity contribution < 1.29 is 24.3 Å². The number of amides is 3. The van der Waals surface area contributed by atoms with Crippen LogP contribution in [-0.4, -0.2) is 58.7 Å². The van der Waals surface area contributed by atoms with E-state index in [2.05, 4.69) is 28.6 Å². The average molecular weight is 481 g/mol. The van der Waals surface area contributed by atoms with Crippen LogP contribution in [0.15, 0.2) is 30.3 Å². The van der Waals surface area contributed by atoms with Gasteiger partial charge >= 0.3 is 5.97 Å². The Morgan fingerprint density at radius 2 is 1.48 bits per heavy atom. The second kappa shape index (κ2) is 13.8. The van der Waals surface area contributed by atoms with Crippen molar-refractivity contribution >= 4 is 36.3 Å². The Kier molecular flexibility index (Phi) is 11.9. The van der Waals surface area contributed by atoms with E-state index in [1.165, 1.54) is 0 Å². The van der Waals surface area contributed by atoms with Crippen LogP contribution in [-0.2, 0) is 25.6 Å². The quantitative estimate of drug-likeness (QED) is 0.229. The Hall–Kier alpha value is -2.59. The molecule has 0 saturated heterocycles. The molecule has 6 N–H and O–H groups in total. The van der Waals surface area contributed by atoms with Crippen LogP contribution in [0.25, 0.3) is 0 Å². The fourth-order valence-electron chi connectivity index (χ4n) is 3.16. The number of carboxylic acid groups (broad SMARTS) is 1. The molecule has 1 aromatic rings. The van der Waals surface area contributed by atoms with Crippen LogP contribution < -0.4 is 21.7 Å². The molecule has 10 heteroatoms. The molecular weight excluding hydrogens is 444 g/mol. The predicted octanol–water partition coefficient (Wildman–Crippen LogP) is 0.727. The molecule has 0 fully saturated rings. The van der Waals surface area contributed by atoms with E-state index in [9.17, 15) is 24.3 Å². The van der Waals surface area contributed by atoms with Crippen molar-refractivity contribution in [2.75, 3.05) is 5.75 Å². The molecule has 3 amide bonds. The van der Waals surface area contributed by atoms with E-state index in [0.29, 0.717) is 0 Å². The Labute approximate surface area is 200 Å². The van der Waals surface area contributed by atoms with Crippen molar-refractivity contribution in [3.05, 3.63) is 35.9 Å². The third-order valence-corrected chi connectivity index (χ3v) is 5.41. The lowest BCUT2D eigenvalue weighted by Gasteiger charge is -2.27. The van der Waals surface area contributed by atoms with Gasteiger partial charge in [0.25, 0.3) is 0 Å². The van der Waals surface area contributed by atoms with Gasteiger partial charge in [-0.1, -0.05) is 58.0 Å². The van der Waals surface area contributed by atoms with Gasteiger partial charge < -0.3 is 26.8 Å². The van der Waals surface area contributed by atoms with E-state index in [1.54, 1.807) is 13.8 Å². The Balaban J connectivity index is 3.03. The number of benzene rings is 1. The fourth-order valence-corrected chi connectivity index (χ4v) is 3.33. The van der Waals surface area contributed by atoms with E-state index < -0.39 is 47.9 Å². The van der Waals surface area contributed by atoms with Gasteiger partial charge in [0, 0.05) is 12.2 Å². The molecule has 0 heterocycles. The number of hydrogen-bond acceptors (Lipinski definition) is 6. The van der Waals surface area contributed by atoms with Gasteiger partial charge in [-0.3, -0.25) is 14.4 Å². The standard InChI is InChI=1S/C23H36N4O5S/c1-13(2)10-18(23(31)32)26-22(30)19(14(3)4)27-21(29)17(25-20(28)16(24)12-33)11-15-8-6-5-7-9-15/h5-9,13-14,16-19,33H,10-12,24H2,1-4H3,(H,25,28)(H,26,30)(H,27,29)(H,31,32). The fraction of sp³-hybridized carbons (Fsp3) is 0.565. The monoisotopic (exact) mass is 480 g/mol. The minimum Gasteiger partial charge on any atom is -0.480 e. The Morgan fingerprint density at radius 1 is 0.909 bits per heavy atom. The number of carbonyl (C=O) groups excluding carboxylic acids is 3. The lowest BCUT2D eigenvalue weighted by molar-refractivity contribution is -0.143. The number of thiol groups is 1. The zero-order chi connectivity index (χ0) is 25.1. The third-order valence-electron chi connectivity index (χ3n) is 5.02. The molecule has 4 unspecified atom stereocenters. The summed E-state index contributed by atoms with van der Waals surface area (Å²) < 4.78 is 0. The lowest BCUT2D eigenvalue weighted by Crippen LogP contribution is -2.59. The van der Waals surface area contributed by atoms with Crippen molar-refractivity contribution in [2.24, 2.45) is 17.6 Å². The SMILES string of the molecule is CC(C)CC(NC(=O)C(NC(=O)C(Cc1ccccc1)NC(=O)C(N)CS)C(C)C)C(=O)O. The molecule has 0 bridgehead atoms. The first-order valence-corrected chi connectivity index (χ1v) is 11.6. The Bertz CT molecular complexity index is 803. The topological polar surface area (TPSA) is 151 Å². The minimum atomic E-state index is -1.14. The molecule has 9 nitrogen and oxygen atoms in total. The highest BCUT2D eigenvalue weighted by Crippen LogP contribution is 2.10. The number of rotatable bonds is 13. The largest absolute Gasteiger partial charge is 0.480 e. The summed E-state index contributed by atoms with van der Waals surface area (Å²) >= 11 is 4.02. The number of hydrogen-bond donors (Lipinski definition) is 6. The average Bonchev–Trinajstić information content (AvgIpc) is 2.75. The molecule has 0 aromatic heterocycles. The van der Waals surface area contributed by atoms with Crippen LogP contribution in [0.4, 0.5) is 0 Å². The van der Waals surface area contributed by atoms with Crippen LogP contribution >= 0.6 is 12.6 Å². The summed E-state index contributed by atoms with van der Waals surface area (Å²) in [6, 6.07) is 5.18. The summed E-state index contributed by atoms with van der Waals surface area (Å²) in [5.74, 6) is -2.99. The number of aliphatic carboxylic acids is 1. The van der Waals surface area contributed by atoms with Gasteiger partial charge in [0.15, 0.2) is 0 Å². The molecule has 0 saturated carbocycles. The van der Waals surface area contributed by atoms with Gasteiger partial charge in [-0.2, -0.15) is 12.6 Å². The lowest BCUT2D eigenvalue weighted by atomic mass is 9.99. The zero-order valence-corrected chi connectivity index (χ0v) is 20.5. The second-order valence-corrected chi connectivity index (χ2v) is 9.16. The van der Waals surface area contributed by atoms with E-state index in [4.69, 9.17) is 5.73 Å². The summed E-state index contributed by atoms with van der Waals surface area (Å²) in [7, 11) is 0. The van der Waals surface area contributed by atoms with Crippen LogP contribution in [0.1, 0.15) is 39.7 Å². The molecule has 1 rings (SSSR count).